The van der Waals surface area contributed by atoms with Crippen LogP contribution in [-0.2, 0) is 6.54 Å². The summed E-state index contributed by atoms with van der Waals surface area (Å²) in [4.78, 5) is 19.5. The van der Waals surface area contributed by atoms with Crippen molar-refractivity contribution in [2.24, 2.45) is 0 Å². The summed E-state index contributed by atoms with van der Waals surface area (Å²) in [6.07, 6.45) is 3.32. The van der Waals surface area contributed by atoms with Crippen molar-refractivity contribution in [2.75, 3.05) is 23.7 Å². The number of halogens is 1. The maximum absolute atomic E-state index is 12.4. The number of benzene rings is 1. The molecule has 1 saturated heterocycles. The average molecular weight is 375 g/mol. The summed E-state index contributed by atoms with van der Waals surface area (Å²) in [5.41, 5.74) is 2.39. The minimum atomic E-state index is -0.286. The van der Waals surface area contributed by atoms with Gasteiger partial charge in [0.1, 0.15) is 11.4 Å². The fraction of sp³-hybridized carbons (Fsp3) is 0.389. The highest BCUT2D eigenvalue weighted by Crippen LogP contribution is 2.17. The van der Waals surface area contributed by atoms with Gasteiger partial charge in [0.05, 0.1) is 0 Å². The number of H-pyrrole nitrogens is 1. The third kappa shape index (κ3) is 4.42. The maximum Gasteiger partial charge on any atom is 0.276 e. The monoisotopic (exact) mass is 374 g/mol. The largest absolute Gasteiger partial charge is 0.377 e. The van der Waals surface area contributed by atoms with E-state index in [-0.39, 0.29) is 5.56 Å². The number of aromatic nitrogens is 2. The summed E-state index contributed by atoms with van der Waals surface area (Å²) < 4.78 is 0. The van der Waals surface area contributed by atoms with Crippen molar-refractivity contribution in [1.82, 2.24) is 15.3 Å². The molecule has 7 nitrogen and oxygen atoms in total. The van der Waals surface area contributed by atoms with Crippen molar-refractivity contribution in [3.8, 4) is 0 Å². The van der Waals surface area contributed by atoms with Crippen LogP contribution < -0.4 is 21.5 Å². The third-order valence-corrected chi connectivity index (χ3v) is 4.88. The average Bonchev–Trinajstić information content (AvgIpc) is 3.15. The molecule has 5 N–H and O–H groups in total. The van der Waals surface area contributed by atoms with E-state index in [0.29, 0.717) is 36.5 Å². The van der Waals surface area contributed by atoms with E-state index in [9.17, 15) is 4.79 Å². The zero-order valence-corrected chi connectivity index (χ0v) is 15.4. The van der Waals surface area contributed by atoms with Crippen molar-refractivity contribution < 1.29 is 0 Å². The van der Waals surface area contributed by atoms with Crippen LogP contribution >= 0.6 is 11.6 Å². The van der Waals surface area contributed by atoms with E-state index in [2.05, 4.69) is 25.9 Å². The fourth-order valence-corrected chi connectivity index (χ4v) is 3.13. The van der Waals surface area contributed by atoms with Crippen LogP contribution in [0.3, 0.4) is 0 Å². The number of hydrogen-bond acceptors (Lipinski definition) is 6. The van der Waals surface area contributed by atoms with Crippen LogP contribution in [0.5, 0.6) is 0 Å². The van der Waals surface area contributed by atoms with Crippen molar-refractivity contribution >= 4 is 29.5 Å². The van der Waals surface area contributed by atoms with Gasteiger partial charge < -0.3 is 21.4 Å². The topological polar surface area (TPSA) is 106 Å². The Kier molecular flexibility index (Phi) is 5.90. The van der Waals surface area contributed by atoms with Gasteiger partial charge in [-0.05, 0) is 43.5 Å². The lowest BCUT2D eigenvalue weighted by Crippen LogP contribution is -2.31. The first kappa shape index (κ1) is 18.4. The first-order chi connectivity index (χ1) is 12.6. The Balaban J connectivity index is 1.70. The molecular weight excluding hydrogens is 352 g/mol. The highest BCUT2D eigenvalue weighted by Gasteiger charge is 2.16. The molecule has 1 aromatic carbocycles. The molecule has 1 atom stereocenters. The Morgan fingerprint density at radius 1 is 1.42 bits per heavy atom. The minimum Gasteiger partial charge on any atom is -0.377 e. The van der Waals surface area contributed by atoms with E-state index >= 15 is 0 Å². The highest BCUT2D eigenvalue weighted by molar-refractivity contribution is 6.31. The predicted octanol–water partition coefficient (Wildman–Crippen LogP) is 2.51. The van der Waals surface area contributed by atoms with Gasteiger partial charge in [-0.1, -0.05) is 23.7 Å². The normalized spacial score (nSPS) is 16.5. The molecule has 26 heavy (non-hydrogen) atoms. The van der Waals surface area contributed by atoms with Gasteiger partial charge in [-0.25, -0.2) is 4.98 Å². The first-order valence-corrected chi connectivity index (χ1v) is 9.05. The fourth-order valence-electron chi connectivity index (χ4n) is 3.01. The van der Waals surface area contributed by atoms with E-state index in [1.807, 2.05) is 25.1 Å². The Labute approximate surface area is 157 Å². The van der Waals surface area contributed by atoms with Crippen LogP contribution in [0.4, 0.5) is 11.6 Å². The van der Waals surface area contributed by atoms with Crippen molar-refractivity contribution in [1.29, 1.82) is 5.41 Å². The Bertz CT molecular complexity index is 844. The lowest BCUT2D eigenvalue weighted by molar-refractivity contribution is 0.633. The third-order valence-electron chi connectivity index (χ3n) is 4.45. The molecule has 1 aromatic heterocycles. The molecule has 0 radical (unpaired) electrons. The van der Waals surface area contributed by atoms with Crippen LogP contribution in [-0.4, -0.2) is 35.3 Å². The van der Waals surface area contributed by atoms with Gasteiger partial charge in [-0.3, -0.25) is 9.78 Å². The molecule has 0 spiro atoms. The molecule has 3 rings (SSSR count). The SMILES string of the molecule is Cc1cc(CNc2nc(C=N)c(NCC3CCCN3)c(=O)[nH]2)ccc1Cl. The number of anilines is 2. The highest BCUT2D eigenvalue weighted by atomic mass is 35.5. The molecule has 138 valence electrons. The van der Waals surface area contributed by atoms with Crippen LogP contribution in [0.2, 0.25) is 5.02 Å². The first-order valence-electron chi connectivity index (χ1n) is 8.68. The summed E-state index contributed by atoms with van der Waals surface area (Å²) in [7, 11) is 0. The predicted molar refractivity (Wildman–Crippen MR) is 106 cm³/mol. The minimum absolute atomic E-state index is 0.286. The quantitative estimate of drug-likeness (QED) is 0.479. The molecular formula is C18H23ClN6O. The van der Waals surface area contributed by atoms with Gasteiger partial charge in [-0.15, -0.1) is 0 Å². The Morgan fingerprint density at radius 3 is 2.96 bits per heavy atom. The second-order valence-electron chi connectivity index (χ2n) is 6.43. The van der Waals surface area contributed by atoms with Crippen molar-refractivity contribution in [2.45, 2.75) is 32.4 Å². The number of nitrogens with one attached hydrogen (secondary N) is 5. The van der Waals surface area contributed by atoms with E-state index in [1.54, 1.807) is 0 Å². The van der Waals surface area contributed by atoms with Gasteiger partial charge in [0.25, 0.3) is 5.56 Å². The lowest BCUT2D eigenvalue weighted by Gasteiger charge is -2.14. The molecule has 2 aromatic rings. The zero-order valence-electron chi connectivity index (χ0n) is 14.7. The molecule has 8 heteroatoms. The maximum atomic E-state index is 12.4. The molecule has 0 aliphatic carbocycles. The number of nitrogens with zero attached hydrogens (tertiary/aromatic N) is 1. The van der Waals surface area contributed by atoms with Gasteiger partial charge in [0.2, 0.25) is 5.95 Å². The van der Waals surface area contributed by atoms with Gasteiger partial charge in [0.15, 0.2) is 0 Å². The number of aryl methyl sites for hydroxylation is 1. The second kappa shape index (κ2) is 8.33. The smallest absolute Gasteiger partial charge is 0.276 e. The number of aromatic amines is 1. The second-order valence-corrected chi connectivity index (χ2v) is 6.84. The number of hydrogen-bond donors (Lipinski definition) is 5. The van der Waals surface area contributed by atoms with Gasteiger partial charge in [-0.2, -0.15) is 0 Å². The molecule has 0 amide bonds. The standard InChI is InChI=1S/C18H23ClN6O/c1-11-7-12(4-5-14(11)19)9-23-18-24-15(8-20)16(17(26)25-18)22-10-13-3-2-6-21-13/h4-5,7-8,13,20-22H,2-3,6,9-10H2,1H3,(H2,23,24,25,26). The summed E-state index contributed by atoms with van der Waals surface area (Å²) in [6.45, 7) is 4.09. The molecule has 0 saturated carbocycles. The van der Waals surface area contributed by atoms with Crippen LogP contribution in [0.15, 0.2) is 23.0 Å². The van der Waals surface area contributed by atoms with Crippen LogP contribution in [0, 0.1) is 12.3 Å². The van der Waals surface area contributed by atoms with Crippen molar-refractivity contribution in [3.63, 3.8) is 0 Å². The Morgan fingerprint density at radius 2 is 2.27 bits per heavy atom. The summed E-state index contributed by atoms with van der Waals surface area (Å²) in [6, 6.07) is 6.09. The molecule has 1 aliphatic heterocycles. The Hall–Kier alpha value is -2.38. The van der Waals surface area contributed by atoms with E-state index in [4.69, 9.17) is 17.0 Å². The summed E-state index contributed by atoms with van der Waals surface area (Å²) >= 11 is 6.04. The van der Waals surface area contributed by atoms with Gasteiger partial charge >= 0.3 is 0 Å². The van der Waals surface area contributed by atoms with Crippen molar-refractivity contribution in [3.05, 3.63) is 50.4 Å². The van der Waals surface area contributed by atoms with E-state index in [1.165, 1.54) is 0 Å². The van der Waals surface area contributed by atoms with Crippen LogP contribution in [0.25, 0.3) is 0 Å². The molecule has 0 bridgehead atoms. The zero-order chi connectivity index (χ0) is 18.5. The van der Waals surface area contributed by atoms with Crippen LogP contribution in [0.1, 0.15) is 29.7 Å². The summed E-state index contributed by atoms with van der Waals surface area (Å²) in [5.74, 6) is 0.339. The number of rotatable bonds is 7. The molecule has 1 fully saturated rings. The summed E-state index contributed by atoms with van der Waals surface area (Å²) in [5, 5.41) is 17.9. The van der Waals surface area contributed by atoms with E-state index in [0.717, 1.165) is 41.8 Å². The van der Waals surface area contributed by atoms with Gasteiger partial charge in [0, 0.05) is 30.4 Å². The van der Waals surface area contributed by atoms with E-state index < -0.39 is 0 Å². The lowest BCUT2D eigenvalue weighted by atomic mass is 10.1. The molecule has 2 heterocycles. The molecule has 1 unspecified atom stereocenters. The molecule has 1 aliphatic rings.